The highest BCUT2D eigenvalue weighted by Crippen LogP contribution is 2.36. The molecule has 1 fully saturated rings. The molecule has 0 aromatic heterocycles. The van der Waals surface area contributed by atoms with Gasteiger partial charge in [0, 0.05) is 0 Å². The molecule has 1 aliphatic rings. The second-order valence-corrected chi connectivity index (χ2v) is 4.49. The summed E-state index contributed by atoms with van der Waals surface area (Å²) in [6.07, 6.45) is 4.55. The summed E-state index contributed by atoms with van der Waals surface area (Å²) in [5.41, 5.74) is 0. The van der Waals surface area contributed by atoms with Crippen molar-refractivity contribution in [2.24, 2.45) is 17.8 Å². The average molecular weight is 170 g/mol. The van der Waals surface area contributed by atoms with E-state index < -0.39 is 0 Å². The number of aliphatic hydroxyl groups excluding tert-OH is 1. The van der Waals surface area contributed by atoms with Crippen LogP contribution in [0.3, 0.4) is 0 Å². The van der Waals surface area contributed by atoms with E-state index in [1.807, 2.05) is 0 Å². The molecule has 0 amide bonds. The molecule has 0 aromatic rings. The predicted octanol–water partition coefficient (Wildman–Crippen LogP) is 2.83. The zero-order valence-corrected chi connectivity index (χ0v) is 8.59. The van der Waals surface area contributed by atoms with Gasteiger partial charge in [0.25, 0.3) is 0 Å². The molecule has 72 valence electrons. The maximum Gasteiger partial charge on any atom is 0.0543 e. The number of rotatable bonds is 2. The van der Waals surface area contributed by atoms with Crippen molar-refractivity contribution in [3.8, 4) is 0 Å². The van der Waals surface area contributed by atoms with Crippen molar-refractivity contribution < 1.29 is 5.11 Å². The molecule has 0 aromatic carbocycles. The van der Waals surface area contributed by atoms with Gasteiger partial charge in [-0.15, -0.1) is 0 Å². The van der Waals surface area contributed by atoms with E-state index in [4.69, 9.17) is 0 Å². The van der Waals surface area contributed by atoms with Crippen molar-refractivity contribution in [1.29, 1.82) is 0 Å². The Kier molecular flexibility index (Phi) is 3.57. The lowest BCUT2D eigenvalue weighted by Crippen LogP contribution is -2.29. The van der Waals surface area contributed by atoms with Crippen molar-refractivity contribution >= 4 is 0 Å². The van der Waals surface area contributed by atoms with Crippen LogP contribution in [0.4, 0.5) is 0 Å². The number of hydrogen-bond acceptors (Lipinski definition) is 1. The van der Waals surface area contributed by atoms with Crippen LogP contribution in [0.1, 0.15) is 46.5 Å². The van der Waals surface area contributed by atoms with Gasteiger partial charge in [-0.05, 0) is 37.0 Å². The van der Waals surface area contributed by atoms with E-state index in [1.165, 1.54) is 12.8 Å². The van der Waals surface area contributed by atoms with Crippen molar-refractivity contribution in [2.75, 3.05) is 0 Å². The van der Waals surface area contributed by atoms with E-state index in [-0.39, 0.29) is 6.10 Å². The first-order valence-corrected chi connectivity index (χ1v) is 5.33. The van der Waals surface area contributed by atoms with E-state index in [0.29, 0.717) is 0 Å². The summed E-state index contributed by atoms with van der Waals surface area (Å²) in [6, 6.07) is 0. The van der Waals surface area contributed by atoms with Gasteiger partial charge in [0.1, 0.15) is 0 Å². The van der Waals surface area contributed by atoms with Crippen LogP contribution in [0.5, 0.6) is 0 Å². The third kappa shape index (κ3) is 2.22. The fourth-order valence-electron chi connectivity index (χ4n) is 2.54. The molecular weight excluding hydrogens is 148 g/mol. The highest BCUT2D eigenvalue weighted by atomic mass is 16.3. The van der Waals surface area contributed by atoms with E-state index in [2.05, 4.69) is 20.8 Å². The normalized spacial score (nSPS) is 39.5. The maximum absolute atomic E-state index is 9.45. The fourth-order valence-corrected chi connectivity index (χ4v) is 2.54. The largest absolute Gasteiger partial charge is 0.393 e. The molecule has 1 rings (SSSR count). The number of hydrogen-bond donors (Lipinski definition) is 1. The minimum atomic E-state index is -0.0136. The Morgan fingerprint density at radius 2 is 2.08 bits per heavy atom. The molecule has 0 saturated heterocycles. The van der Waals surface area contributed by atoms with E-state index in [0.717, 1.165) is 30.6 Å². The van der Waals surface area contributed by atoms with Crippen LogP contribution in [0.2, 0.25) is 0 Å². The molecule has 1 heteroatoms. The molecule has 0 unspecified atom stereocenters. The van der Waals surface area contributed by atoms with Crippen LogP contribution in [0.15, 0.2) is 0 Å². The monoisotopic (exact) mass is 170 g/mol. The van der Waals surface area contributed by atoms with Gasteiger partial charge in [-0.3, -0.25) is 0 Å². The van der Waals surface area contributed by atoms with Gasteiger partial charge in [-0.1, -0.05) is 27.2 Å². The summed E-state index contributed by atoms with van der Waals surface area (Å²) in [5.74, 6) is 2.43. The molecule has 0 spiro atoms. The molecular formula is C11H22O. The van der Waals surface area contributed by atoms with Gasteiger partial charge < -0.3 is 5.11 Å². The van der Waals surface area contributed by atoms with Gasteiger partial charge in [-0.25, -0.2) is 0 Å². The minimum absolute atomic E-state index is 0.0136. The van der Waals surface area contributed by atoms with Crippen LogP contribution < -0.4 is 0 Å². The molecule has 0 heterocycles. The standard InChI is InChI=1S/C11H22O/c1-4-8(2)11-6-5-10(12)7-9(11)3/h8-12H,4-7H2,1-3H3/t8-,9+,10+,11+/m1/s1. The van der Waals surface area contributed by atoms with Crippen LogP contribution in [0.25, 0.3) is 0 Å². The van der Waals surface area contributed by atoms with Crippen LogP contribution in [0, 0.1) is 17.8 Å². The molecule has 1 N–H and O–H groups in total. The second-order valence-electron chi connectivity index (χ2n) is 4.49. The van der Waals surface area contributed by atoms with E-state index in [1.54, 1.807) is 0 Å². The quantitative estimate of drug-likeness (QED) is 0.675. The highest BCUT2D eigenvalue weighted by molar-refractivity contribution is 4.79. The lowest BCUT2D eigenvalue weighted by atomic mass is 9.72. The topological polar surface area (TPSA) is 20.2 Å². The second kappa shape index (κ2) is 4.27. The summed E-state index contributed by atoms with van der Waals surface area (Å²) < 4.78 is 0. The van der Waals surface area contributed by atoms with E-state index in [9.17, 15) is 5.11 Å². The van der Waals surface area contributed by atoms with Crippen molar-refractivity contribution in [3.05, 3.63) is 0 Å². The third-order valence-electron chi connectivity index (χ3n) is 3.58. The summed E-state index contributed by atoms with van der Waals surface area (Å²) in [5, 5.41) is 9.45. The summed E-state index contributed by atoms with van der Waals surface area (Å²) in [6.45, 7) is 6.90. The van der Waals surface area contributed by atoms with Crippen molar-refractivity contribution in [3.63, 3.8) is 0 Å². The SMILES string of the molecule is CC[C@@H](C)[C@@H]1CC[C@H](O)C[C@@H]1C. The Morgan fingerprint density at radius 1 is 1.42 bits per heavy atom. The highest BCUT2D eigenvalue weighted by Gasteiger charge is 2.29. The Bertz CT molecular complexity index is 133. The van der Waals surface area contributed by atoms with Crippen LogP contribution in [-0.2, 0) is 0 Å². The van der Waals surface area contributed by atoms with Crippen molar-refractivity contribution in [2.45, 2.75) is 52.6 Å². The Balaban J connectivity index is 2.44. The predicted molar refractivity (Wildman–Crippen MR) is 52.0 cm³/mol. The molecule has 1 nitrogen and oxygen atoms in total. The molecule has 4 atom stereocenters. The Morgan fingerprint density at radius 3 is 2.58 bits per heavy atom. The van der Waals surface area contributed by atoms with E-state index >= 15 is 0 Å². The molecule has 0 radical (unpaired) electrons. The molecule has 12 heavy (non-hydrogen) atoms. The number of aliphatic hydroxyl groups is 1. The third-order valence-corrected chi connectivity index (χ3v) is 3.58. The summed E-state index contributed by atoms with van der Waals surface area (Å²) in [7, 11) is 0. The first kappa shape index (κ1) is 10.0. The average Bonchev–Trinajstić information content (AvgIpc) is 2.03. The smallest absolute Gasteiger partial charge is 0.0543 e. The van der Waals surface area contributed by atoms with Crippen LogP contribution in [-0.4, -0.2) is 11.2 Å². The van der Waals surface area contributed by atoms with Crippen LogP contribution >= 0.6 is 0 Å². The maximum atomic E-state index is 9.45. The van der Waals surface area contributed by atoms with Gasteiger partial charge >= 0.3 is 0 Å². The first-order valence-electron chi connectivity index (χ1n) is 5.33. The lowest BCUT2D eigenvalue weighted by Gasteiger charge is -2.35. The Hall–Kier alpha value is -0.0400. The molecule has 0 bridgehead atoms. The van der Waals surface area contributed by atoms with Gasteiger partial charge in [0.05, 0.1) is 6.10 Å². The van der Waals surface area contributed by atoms with Crippen molar-refractivity contribution in [1.82, 2.24) is 0 Å². The fraction of sp³-hybridized carbons (Fsp3) is 1.00. The zero-order chi connectivity index (χ0) is 9.14. The summed E-state index contributed by atoms with van der Waals surface area (Å²) in [4.78, 5) is 0. The molecule has 1 saturated carbocycles. The van der Waals surface area contributed by atoms with Gasteiger partial charge in [0.2, 0.25) is 0 Å². The molecule has 1 aliphatic carbocycles. The first-order chi connectivity index (χ1) is 5.65. The zero-order valence-electron chi connectivity index (χ0n) is 8.59. The lowest BCUT2D eigenvalue weighted by molar-refractivity contribution is 0.0555. The van der Waals surface area contributed by atoms with Gasteiger partial charge in [-0.2, -0.15) is 0 Å². The molecule has 0 aliphatic heterocycles. The minimum Gasteiger partial charge on any atom is -0.393 e. The summed E-state index contributed by atoms with van der Waals surface area (Å²) >= 11 is 0. The van der Waals surface area contributed by atoms with Gasteiger partial charge in [0.15, 0.2) is 0 Å². The Labute approximate surface area is 76.2 Å².